The average molecular weight is 561 g/mol. The van der Waals surface area contributed by atoms with Gasteiger partial charge in [-0.1, -0.05) is 54.1 Å². The number of carbonyl (C=O) groups excluding carboxylic acids is 2. The van der Waals surface area contributed by atoms with E-state index < -0.39 is 23.1 Å². The summed E-state index contributed by atoms with van der Waals surface area (Å²) in [4.78, 5) is 49.6. The van der Waals surface area contributed by atoms with E-state index in [1.807, 2.05) is 30.3 Å². The van der Waals surface area contributed by atoms with E-state index in [4.69, 9.17) is 11.6 Å². The van der Waals surface area contributed by atoms with Gasteiger partial charge in [0, 0.05) is 16.3 Å². The molecule has 39 heavy (non-hydrogen) atoms. The second-order valence-electron chi connectivity index (χ2n) is 8.23. The van der Waals surface area contributed by atoms with Crippen molar-refractivity contribution in [2.75, 3.05) is 10.6 Å². The zero-order chi connectivity index (χ0) is 27.9. The van der Waals surface area contributed by atoms with Crippen LogP contribution >= 0.6 is 23.4 Å². The van der Waals surface area contributed by atoms with Gasteiger partial charge in [-0.3, -0.25) is 9.59 Å². The Morgan fingerprint density at radius 1 is 0.667 bits per heavy atom. The second-order valence-corrected chi connectivity index (χ2v) is 9.81. The maximum absolute atomic E-state index is 13.3. The Balaban J connectivity index is 1.52. The fourth-order valence-electron chi connectivity index (χ4n) is 3.69. The third-order valence-corrected chi connectivity index (χ3v) is 7.17. The standard InChI is InChI=1S/C29H21ClN2O6S/c30-24-15-12-19(16-23(24)29(37)38)32-27(34)25(17-6-2-1-3-7-17)39-20-13-10-18(11-14-20)31-26(33)21-8-4-5-9-22(21)28(35)36/h1-16,25H,(H,31,33)(H,32,34)(H,35,36)(H,37,38). The van der Waals surface area contributed by atoms with Crippen molar-refractivity contribution >= 4 is 58.5 Å². The number of nitrogens with one attached hydrogen (secondary N) is 2. The van der Waals surface area contributed by atoms with Crippen molar-refractivity contribution in [3.05, 3.63) is 124 Å². The van der Waals surface area contributed by atoms with Crippen molar-refractivity contribution in [3.8, 4) is 0 Å². The Bertz CT molecular complexity index is 1540. The molecule has 8 nitrogen and oxygen atoms in total. The summed E-state index contributed by atoms with van der Waals surface area (Å²) in [6.07, 6.45) is 0. The van der Waals surface area contributed by atoms with Crippen LogP contribution < -0.4 is 10.6 Å². The molecule has 0 radical (unpaired) electrons. The highest BCUT2D eigenvalue weighted by Crippen LogP contribution is 2.37. The summed E-state index contributed by atoms with van der Waals surface area (Å²) in [5, 5.41) is 23.5. The molecule has 196 valence electrons. The highest BCUT2D eigenvalue weighted by molar-refractivity contribution is 8.00. The van der Waals surface area contributed by atoms with Gasteiger partial charge in [-0.15, -0.1) is 11.8 Å². The Labute approximate surface area is 232 Å². The van der Waals surface area contributed by atoms with Crippen LogP contribution in [0.4, 0.5) is 11.4 Å². The van der Waals surface area contributed by atoms with E-state index in [0.717, 1.165) is 10.5 Å². The van der Waals surface area contributed by atoms with Crippen LogP contribution in [0.1, 0.15) is 41.9 Å². The van der Waals surface area contributed by atoms with Gasteiger partial charge in [0.25, 0.3) is 5.91 Å². The van der Waals surface area contributed by atoms with Crippen LogP contribution in [0.5, 0.6) is 0 Å². The number of benzene rings is 4. The molecule has 10 heteroatoms. The van der Waals surface area contributed by atoms with Gasteiger partial charge >= 0.3 is 11.9 Å². The molecular formula is C29H21ClN2O6S. The van der Waals surface area contributed by atoms with E-state index in [1.54, 1.807) is 36.4 Å². The molecule has 0 aliphatic rings. The van der Waals surface area contributed by atoms with Crippen molar-refractivity contribution in [2.45, 2.75) is 10.1 Å². The number of hydrogen-bond acceptors (Lipinski definition) is 5. The molecular weight excluding hydrogens is 540 g/mol. The Hall–Kier alpha value is -4.60. The predicted octanol–water partition coefficient (Wildman–Crippen LogP) is 6.46. The van der Waals surface area contributed by atoms with Gasteiger partial charge in [-0.25, -0.2) is 9.59 Å². The summed E-state index contributed by atoms with van der Waals surface area (Å²) >= 11 is 7.21. The van der Waals surface area contributed by atoms with Crippen molar-refractivity contribution in [1.82, 2.24) is 0 Å². The molecule has 2 amide bonds. The first-order valence-corrected chi connectivity index (χ1v) is 12.8. The van der Waals surface area contributed by atoms with E-state index in [0.29, 0.717) is 11.4 Å². The smallest absolute Gasteiger partial charge is 0.337 e. The number of carboxylic acids is 2. The van der Waals surface area contributed by atoms with Crippen LogP contribution in [-0.4, -0.2) is 34.0 Å². The topological polar surface area (TPSA) is 133 Å². The fraction of sp³-hybridized carbons (Fsp3) is 0.0345. The molecule has 0 aliphatic heterocycles. The first kappa shape index (κ1) is 27.4. The zero-order valence-electron chi connectivity index (χ0n) is 20.1. The number of hydrogen-bond donors (Lipinski definition) is 4. The molecule has 4 aromatic rings. The highest BCUT2D eigenvalue weighted by Gasteiger charge is 2.23. The highest BCUT2D eigenvalue weighted by atomic mass is 35.5. The van der Waals surface area contributed by atoms with E-state index in [1.165, 1.54) is 42.1 Å². The minimum atomic E-state index is -1.20. The van der Waals surface area contributed by atoms with Crippen LogP contribution in [0, 0.1) is 0 Å². The first-order chi connectivity index (χ1) is 18.7. The van der Waals surface area contributed by atoms with Crippen molar-refractivity contribution in [2.24, 2.45) is 0 Å². The Morgan fingerprint density at radius 2 is 1.26 bits per heavy atom. The lowest BCUT2D eigenvalue weighted by Gasteiger charge is -2.18. The molecule has 4 rings (SSSR count). The lowest BCUT2D eigenvalue weighted by Crippen LogP contribution is -2.19. The molecule has 0 bridgehead atoms. The monoisotopic (exact) mass is 560 g/mol. The SMILES string of the molecule is O=C(O)c1cc(NC(=O)C(Sc2ccc(NC(=O)c3ccccc3C(=O)O)cc2)c2ccccc2)ccc1Cl. The largest absolute Gasteiger partial charge is 0.478 e. The number of amides is 2. The number of thioether (sulfide) groups is 1. The average Bonchev–Trinajstić information content (AvgIpc) is 2.93. The molecule has 0 saturated carbocycles. The number of carbonyl (C=O) groups is 4. The zero-order valence-corrected chi connectivity index (χ0v) is 21.7. The number of anilines is 2. The molecule has 0 fully saturated rings. The Morgan fingerprint density at radius 3 is 1.90 bits per heavy atom. The molecule has 4 aromatic carbocycles. The number of halogens is 1. The summed E-state index contributed by atoms with van der Waals surface area (Å²) in [7, 11) is 0. The summed E-state index contributed by atoms with van der Waals surface area (Å²) < 4.78 is 0. The van der Waals surface area contributed by atoms with Gasteiger partial charge in [-0.05, 0) is 60.2 Å². The van der Waals surface area contributed by atoms with E-state index in [-0.39, 0.29) is 27.6 Å². The quantitative estimate of drug-likeness (QED) is 0.173. The van der Waals surface area contributed by atoms with Crippen molar-refractivity contribution in [1.29, 1.82) is 0 Å². The fourth-order valence-corrected chi connectivity index (χ4v) is 4.92. The molecule has 0 aliphatic carbocycles. The molecule has 4 N–H and O–H groups in total. The van der Waals surface area contributed by atoms with Crippen LogP contribution in [0.2, 0.25) is 5.02 Å². The minimum Gasteiger partial charge on any atom is -0.478 e. The van der Waals surface area contributed by atoms with Gasteiger partial charge in [0.1, 0.15) is 5.25 Å². The van der Waals surface area contributed by atoms with Crippen LogP contribution in [-0.2, 0) is 4.79 Å². The number of carboxylic acid groups (broad SMARTS) is 2. The summed E-state index contributed by atoms with van der Waals surface area (Å²) in [5.41, 5.74) is 1.29. The number of aromatic carboxylic acids is 2. The van der Waals surface area contributed by atoms with Crippen LogP contribution in [0.3, 0.4) is 0 Å². The van der Waals surface area contributed by atoms with E-state index in [2.05, 4.69) is 10.6 Å². The van der Waals surface area contributed by atoms with E-state index >= 15 is 0 Å². The number of rotatable bonds is 9. The predicted molar refractivity (Wildman–Crippen MR) is 150 cm³/mol. The molecule has 0 heterocycles. The van der Waals surface area contributed by atoms with Gasteiger partial charge < -0.3 is 20.8 Å². The lowest BCUT2D eigenvalue weighted by atomic mass is 10.1. The van der Waals surface area contributed by atoms with Gasteiger partial charge in [0.15, 0.2) is 0 Å². The third kappa shape index (κ3) is 6.84. The maximum atomic E-state index is 13.3. The first-order valence-electron chi connectivity index (χ1n) is 11.5. The van der Waals surface area contributed by atoms with Gasteiger partial charge in [0.05, 0.1) is 21.7 Å². The molecule has 0 spiro atoms. The normalized spacial score (nSPS) is 11.3. The lowest BCUT2D eigenvalue weighted by molar-refractivity contribution is -0.115. The Kier molecular flexibility index (Phi) is 8.65. The van der Waals surface area contributed by atoms with Crippen molar-refractivity contribution in [3.63, 3.8) is 0 Å². The summed E-state index contributed by atoms with van der Waals surface area (Å²) in [6, 6.07) is 26.0. The van der Waals surface area contributed by atoms with Gasteiger partial charge in [-0.2, -0.15) is 0 Å². The molecule has 0 saturated heterocycles. The minimum absolute atomic E-state index is 0.0394. The maximum Gasteiger partial charge on any atom is 0.337 e. The molecule has 1 unspecified atom stereocenters. The molecule has 0 aromatic heterocycles. The summed E-state index contributed by atoms with van der Waals surface area (Å²) in [6.45, 7) is 0. The van der Waals surface area contributed by atoms with Crippen LogP contribution in [0.15, 0.2) is 102 Å². The summed E-state index contributed by atoms with van der Waals surface area (Å²) in [5.74, 6) is -3.33. The second kappa shape index (κ2) is 12.3. The molecule has 1 atom stereocenters. The van der Waals surface area contributed by atoms with E-state index in [9.17, 15) is 29.4 Å². The third-order valence-electron chi connectivity index (χ3n) is 5.57. The van der Waals surface area contributed by atoms with Crippen LogP contribution in [0.25, 0.3) is 0 Å². The van der Waals surface area contributed by atoms with Crippen molar-refractivity contribution < 1.29 is 29.4 Å². The van der Waals surface area contributed by atoms with Gasteiger partial charge in [0.2, 0.25) is 5.91 Å².